The number of para-hydroxylation sites is 1. The van der Waals surface area contributed by atoms with E-state index in [0.717, 1.165) is 11.3 Å². The average molecular weight is 373 g/mol. The largest absolute Gasteiger partial charge is 0.496 e. The molecule has 0 radical (unpaired) electrons. The van der Waals surface area contributed by atoms with E-state index in [1.165, 1.54) is 0 Å². The Hall–Kier alpha value is -2.76. The van der Waals surface area contributed by atoms with Crippen LogP contribution in [0.1, 0.15) is 45.6 Å². The maximum atomic E-state index is 12.8. The molecule has 1 N–H and O–H groups in total. The average Bonchev–Trinajstić information content (AvgIpc) is 2.67. The minimum atomic E-state index is -0.629. The molecule has 0 saturated heterocycles. The van der Waals surface area contributed by atoms with Gasteiger partial charge in [-0.25, -0.2) is 9.59 Å². The van der Waals surface area contributed by atoms with Crippen LogP contribution in [0, 0.1) is 0 Å². The Morgan fingerprint density at radius 2 is 1.59 bits per heavy atom. The zero-order valence-electron chi connectivity index (χ0n) is 16.5. The zero-order valence-corrected chi connectivity index (χ0v) is 16.5. The number of hydrogen-bond acceptors (Lipinski definition) is 6. The second kappa shape index (κ2) is 9.26. The van der Waals surface area contributed by atoms with E-state index in [0.29, 0.717) is 29.0 Å². The second-order valence-electron chi connectivity index (χ2n) is 6.03. The highest BCUT2D eigenvalue weighted by molar-refractivity contribution is 6.00. The minimum absolute atomic E-state index is 0.243. The Bertz CT molecular complexity index is 779. The number of nitrogens with one attached hydrogen (secondary N) is 1. The van der Waals surface area contributed by atoms with E-state index in [4.69, 9.17) is 14.2 Å². The van der Waals surface area contributed by atoms with Crippen molar-refractivity contribution in [1.82, 2.24) is 5.32 Å². The maximum Gasteiger partial charge on any atom is 0.336 e. The highest BCUT2D eigenvalue weighted by Gasteiger charge is 2.39. The maximum absolute atomic E-state index is 12.8. The van der Waals surface area contributed by atoms with Gasteiger partial charge < -0.3 is 19.5 Å². The van der Waals surface area contributed by atoms with Crippen LogP contribution in [0.2, 0.25) is 0 Å². The van der Waals surface area contributed by atoms with E-state index in [2.05, 4.69) is 5.32 Å². The van der Waals surface area contributed by atoms with Crippen molar-refractivity contribution in [3.63, 3.8) is 0 Å². The van der Waals surface area contributed by atoms with Crippen LogP contribution in [0.4, 0.5) is 0 Å². The van der Waals surface area contributed by atoms with Gasteiger partial charge in [0, 0.05) is 17.0 Å². The molecule has 0 aromatic heterocycles. The fourth-order valence-corrected chi connectivity index (χ4v) is 3.32. The Morgan fingerprint density at radius 3 is 2.15 bits per heavy atom. The molecule has 6 nitrogen and oxygen atoms in total. The lowest BCUT2D eigenvalue weighted by molar-refractivity contribution is -0.139. The number of dihydropyridines is 1. The van der Waals surface area contributed by atoms with Gasteiger partial charge in [0.05, 0.1) is 37.4 Å². The number of methoxy groups -OCH3 is 1. The Labute approximate surface area is 160 Å². The quantitative estimate of drug-likeness (QED) is 0.738. The van der Waals surface area contributed by atoms with Crippen molar-refractivity contribution in [2.45, 2.75) is 40.0 Å². The molecule has 146 valence electrons. The number of ether oxygens (including phenoxy) is 3. The summed E-state index contributed by atoms with van der Waals surface area (Å²) >= 11 is 0. The van der Waals surface area contributed by atoms with Gasteiger partial charge >= 0.3 is 11.9 Å². The van der Waals surface area contributed by atoms with Crippen molar-refractivity contribution in [3.8, 4) is 5.75 Å². The van der Waals surface area contributed by atoms with Crippen LogP contribution in [0.25, 0.3) is 0 Å². The number of benzene rings is 1. The summed E-state index contributed by atoms with van der Waals surface area (Å²) in [6.07, 6.45) is 0.591. The first kappa shape index (κ1) is 20.6. The fraction of sp³-hybridized carbons (Fsp3) is 0.429. The minimum Gasteiger partial charge on any atom is -0.496 e. The van der Waals surface area contributed by atoms with Crippen molar-refractivity contribution in [1.29, 1.82) is 0 Å². The lowest BCUT2D eigenvalue weighted by Crippen LogP contribution is -2.33. The van der Waals surface area contributed by atoms with Crippen molar-refractivity contribution >= 4 is 11.9 Å². The van der Waals surface area contributed by atoms with Crippen LogP contribution in [0.3, 0.4) is 0 Å². The standard InChI is InChI=1S/C21H27NO5/c1-6-15-19(21(24)27-8-3)18(14-11-9-10-12-16(14)25-5)17(13(4)22-15)20(23)26-7-2/h9-12,18,22H,6-8H2,1-5H3. The van der Waals surface area contributed by atoms with Crippen molar-refractivity contribution in [2.75, 3.05) is 20.3 Å². The number of carbonyl (C=O) groups is 2. The van der Waals surface area contributed by atoms with Crippen molar-refractivity contribution < 1.29 is 23.8 Å². The molecule has 1 aliphatic heterocycles. The summed E-state index contributed by atoms with van der Waals surface area (Å²) in [4.78, 5) is 25.6. The monoisotopic (exact) mass is 373 g/mol. The number of allylic oxidation sites excluding steroid dienone is 2. The van der Waals surface area contributed by atoms with E-state index < -0.39 is 17.9 Å². The highest BCUT2D eigenvalue weighted by Crippen LogP contribution is 2.43. The molecule has 6 heteroatoms. The predicted molar refractivity (Wildman–Crippen MR) is 102 cm³/mol. The van der Waals surface area contributed by atoms with Crippen LogP contribution in [0.15, 0.2) is 46.8 Å². The fourth-order valence-electron chi connectivity index (χ4n) is 3.32. The SMILES string of the molecule is CCOC(=O)C1=C(C)NC(CC)=C(C(=O)OCC)C1c1ccccc1OC. The van der Waals surface area contributed by atoms with Gasteiger partial charge in [0.1, 0.15) is 5.75 Å². The molecule has 1 aromatic rings. The summed E-state index contributed by atoms with van der Waals surface area (Å²) in [6, 6.07) is 7.36. The van der Waals surface area contributed by atoms with Crippen molar-refractivity contribution in [2.24, 2.45) is 0 Å². The Kier molecular flexibility index (Phi) is 7.05. The second-order valence-corrected chi connectivity index (χ2v) is 6.03. The van der Waals surface area contributed by atoms with Crippen LogP contribution < -0.4 is 10.1 Å². The number of rotatable bonds is 7. The van der Waals surface area contributed by atoms with E-state index in [1.807, 2.05) is 38.1 Å². The third-order valence-corrected chi connectivity index (χ3v) is 4.44. The van der Waals surface area contributed by atoms with Crippen LogP contribution in [-0.4, -0.2) is 32.3 Å². The van der Waals surface area contributed by atoms with Gasteiger partial charge in [-0.2, -0.15) is 0 Å². The molecule has 0 aliphatic carbocycles. The molecule has 2 rings (SSSR count). The molecule has 1 aliphatic rings. The summed E-state index contributed by atoms with van der Waals surface area (Å²) in [5.74, 6) is -0.950. The van der Waals surface area contributed by atoms with Gasteiger partial charge in [-0.15, -0.1) is 0 Å². The Morgan fingerprint density at radius 1 is 1.00 bits per heavy atom. The molecule has 1 unspecified atom stereocenters. The van der Waals surface area contributed by atoms with Crippen LogP contribution >= 0.6 is 0 Å². The first-order chi connectivity index (χ1) is 13.0. The Balaban J connectivity index is 2.74. The predicted octanol–water partition coefficient (Wildman–Crippen LogP) is 3.45. The van der Waals surface area contributed by atoms with E-state index in [1.54, 1.807) is 21.0 Å². The summed E-state index contributed by atoms with van der Waals surface area (Å²) in [5.41, 5.74) is 2.92. The van der Waals surface area contributed by atoms with Gasteiger partial charge in [0.2, 0.25) is 0 Å². The summed E-state index contributed by atoms with van der Waals surface area (Å²) in [5, 5.41) is 3.20. The molecular formula is C21H27NO5. The summed E-state index contributed by atoms with van der Waals surface area (Å²) < 4.78 is 16.1. The van der Waals surface area contributed by atoms with Gasteiger partial charge in [-0.1, -0.05) is 25.1 Å². The van der Waals surface area contributed by atoms with Crippen LogP contribution in [-0.2, 0) is 19.1 Å². The lowest BCUT2D eigenvalue weighted by atomic mass is 9.79. The molecule has 0 bridgehead atoms. The molecule has 0 saturated carbocycles. The normalized spacial score (nSPS) is 16.7. The summed E-state index contributed by atoms with van der Waals surface area (Å²) in [7, 11) is 1.56. The molecule has 0 fully saturated rings. The molecule has 0 spiro atoms. The molecule has 27 heavy (non-hydrogen) atoms. The molecule has 1 aromatic carbocycles. The van der Waals surface area contributed by atoms with E-state index in [9.17, 15) is 9.59 Å². The van der Waals surface area contributed by atoms with E-state index >= 15 is 0 Å². The topological polar surface area (TPSA) is 73.9 Å². The first-order valence-electron chi connectivity index (χ1n) is 9.17. The molecule has 1 atom stereocenters. The van der Waals surface area contributed by atoms with Gasteiger partial charge in [-0.3, -0.25) is 0 Å². The van der Waals surface area contributed by atoms with Gasteiger partial charge in [-0.05, 0) is 33.3 Å². The number of esters is 2. The van der Waals surface area contributed by atoms with Gasteiger partial charge in [0.25, 0.3) is 0 Å². The third kappa shape index (κ3) is 4.15. The third-order valence-electron chi connectivity index (χ3n) is 4.44. The number of hydrogen-bond donors (Lipinski definition) is 1. The lowest BCUT2D eigenvalue weighted by Gasteiger charge is -2.32. The smallest absolute Gasteiger partial charge is 0.336 e. The van der Waals surface area contributed by atoms with Crippen LogP contribution in [0.5, 0.6) is 5.75 Å². The number of carbonyl (C=O) groups excluding carboxylic acids is 2. The first-order valence-corrected chi connectivity index (χ1v) is 9.17. The zero-order chi connectivity index (χ0) is 20.0. The molecule has 1 heterocycles. The van der Waals surface area contributed by atoms with E-state index in [-0.39, 0.29) is 13.2 Å². The summed E-state index contributed by atoms with van der Waals surface area (Å²) in [6.45, 7) is 7.76. The highest BCUT2D eigenvalue weighted by atomic mass is 16.5. The van der Waals surface area contributed by atoms with Crippen molar-refractivity contribution in [3.05, 3.63) is 52.4 Å². The van der Waals surface area contributed by atoms with Gasteiger partial charge in [0.15, 0.2) is 0 Å². The molecular weight excluding hydrogens is 346 g/mol. The molecule has 0 amide bonds.